The summed E-state index contributed by atoms with van der Waals surface area (Å²) in [5.41, 5.74) is 1.59. The van der Waals surface area contributed by atoms with Crippen LogP contribution in [0.4, 0.5) is 18.3 Å². The second-order valence-electron chi connectivity index (χ2n) is 7.97. The Morgan fingerprint density at radius 2 is 1.74 bits per heavy atom. The number of hydrogen-bond acceptors (Lipinski definition) is 9. The molecule has 1 aromatic heterocycles. The molecule has 202 valence electrons. The van der Waals surface area contributed by atoms with Gasteiger partial charge in [-0.05, 0) is 73.0 Å². The Bertz CT molecular complexity index is 1470. The van der Waals surface area contributed by atoms with Crippen LogP contribution in [0.15, 0.2) is 71.1 Å². The van der Waals surface area contributed by atoms with E-state index in [1.54, 1.807) is 45.5 Å². The van der Waals surface area contributed by atoms with Gasteiger partial charge >= 0.3 is 6.36 Å². The maximum absolute atomic E-state index is 12.5. The Kier molecular flexibility index (Phi) is 8.73. The minimum atomic E-state index is -4.79. The number of thiazole rings is 1. The van der Waals surface area contributed by atoms with Crippen LogP contribution in [0.3, 0.4) is 0 Å². The number of methoxy groups -OCH3 is 2. The maximum Gasteiger partial charge on any atom is 0.573 e. The zero-order valence-electron chi connectivity index (χ0n) is 21.0. The van der Waals surface area contributed by atoms with E-state index < -0.39 is 6.36 Å². The van der Waals surface area contributed by atoms with Crippen molar-refractivity contribution in [3.63, 3.8) is 0 Å². The van der Waals surface area contributed by atoms with Crippen LogP contribution in [-0.2, 0) is 6.54 Å². The fourth-order valence-electron chi connectivity index (χ4n) is 3.54. The van der Waals surface area contributed by atoms with Crippen molar-refractivity contribution in [2.24, 2.45) is 0 Å². The van der Waals surface area contributed by atoms with Crippen molar-refractivity contribution in [3.8, 4) is 34.8 Å². The van der Waals surface area contributed by atoms with E-state index in [1.807, 2.05) is 27.9 Å². The minimum Gasteiger partial charge on any atom is -0.497 e. The zero-order valence-corrected chi connectivity index (χ0v) is 22.6. The molecule has 0 radical (unpaired) electrons. The van der Waals surface area contributed by atoms with Crippen molar-refractivity contribution in [3.05, 3.63) is 82.9 Å². The van der Waals surface area contributed by atoms with Gasteiger partial charge in [-0.2, -0.15) is 5.26 Å². The third-order valence-electron chi connectivity index (χ3n) is 5.33. The van der Waals surface area contributed by atoms with Gasteiger partial charge in [-0.25, -0.2) is 4.98 Å². The van der Waals surface area contributed by atoms with Crippen molar-refractivity contribution >= 4 is 28.4 Å². The fourth-order valence-corrected chi connectivity index (χ4v) is 5.21. The summed E-state index contributed by atoms with van der Waals surface area (Å²) in [4.78, 5) is 5.20. The van der Waals surface area contributed by atoms with Crippen LogP contribution in [-0.4, -0.2) is 25.6 Å². The van der Waals surface area contributed by atoms with Crippen molar-refractivity contribution in [1.82, 2.24) is 4.98 Å². The van der Waals surface area contributed by atoms with E-state index in [0.717, 1.165) is 21.7 Å². The number of nitrogens with zero attached hydrogens (tertiary/aromatic N) is 3. The highest BCUT2D eigenvalue weighted by atomic mass is 32.2. The number of benzene rings is 3. The molecule has 0 atom stereocenters. The molecular weight excluding hydrogens is 551 g/mol. The van der Waals surface area contributed by atoms with Crippen LogP contribution in [0.5, 0.6) is 28.7 Å². The fraction of sp³-hybridized carbons (Fsp3) is 0.185. The average molecular weight is 574 g/mol. The van der Waals surface area contributed by atoms with E-state index in [0.29, 0.717) is 29.4 Å². The van der Waals surface area contributed by atoms with Gasteiger partial charge in [0.05, 0.1) is 26.3 Å². The quantitative estimate of drug-likeness (QED) is 0.178. The summed E-state index contributed by atoms with van der Waals surface area (Å²) >= 11 is 2.86. The molecule has 7 nitrogen and oxygen atoms in total. The largest absolute Gasteiger partial charge is 0.573 e. The lowest BCUT2D eigenvalue weighted by atomic mass is 10.2. The van der Waals surface area contributed by atoms with Gasteiger partial charge in [-0.15, -0.1) is 24.5 Å². The van der Waals surface area contributed by atoms with E-state index >= 15 is 0 Å². The van der Waals surface area contributed by atoms with Crippen molar-refractivity contribution in [2.75, 3.05) is 18.5 Å². The summed E-state index contributed by atoms with van der Waals surface area (Å²) < 4.78 is 60.2. The van der Waals surface area contributed by atoms with Crippen LogP contribution in [0.2, 0.25) is 0 Å². The number of anilines is 1. The molecular formula is C27H22F3N3O4S2. The van der Waals surface area contributed by atoms with E-state index in [1.165, 1.54) is 35.4 Å². The van der Waals surface area contributed by atoms with E-state index in [-0.39, 0.29) is 17.1 Å². The highest BCUT2D eigenvalue weighted by molar-refractivity contribution is 8.00. The Morgan fingerprint density at radius 3 is 2.38 bits per heavy atom. The SMILES string of the molecule is COc1ccc(CN(Sc2ccc(Oc3ccc(OC(F)(F)F)cc3C)c(C#N)c2)c2nccs2)c(OC)c1. The van der Waals surface area contributed by atoms with Gasteiger partial charge in [0.2, 0.25) is 0 Å². The van der Waals surface area contributed by atoms with E-state index in [9.17, 15) is 18.4 Å². The molecule has 1 heterocycles. The summed E-state index contributed by atoms with van der Waals surface area (Å²) in [6.07, 6.45) is -3.08. The van der Waals surface area contributed by atoms with Crippen LogP contribution >= 0.6 is 23.3 Å². The number of ether oxygens (including phenoxy) is 4. The summed E-state index contributed by atoms with van der Waals surface area (Å²) in [6.45, 7) is 2.05. The Balaban J connectivity index is 1.56. The lowest BCUT2D eigenvalue weighted by Crippen LogP contribution is -2.17. The van der Waals surface area contributed by atoms with E-state index in [2.05, 4.69) is 15.8 Å². The molecule has 0 aliphatic rings. The van der Waals surface area contributed by atoms with Crippen LogP contribution in [0, 0.1) is 18.3 Å². The molecule has 0 saturated heterocycles. The summed E-state index contributed by atoms with van der Waals surface area (Å²) in [5, 5.41) is 12.4. The number of nitriles is 1. The molecule has 0 unspecified atom stereocenters. The number of alkyl halides is 3. The molecule has 3 aromatic carbocycles. The van der Waals surface area contributed by atoms with Gasteiger partial charge in [0.15, 0.2) is 5.13 Å². The molecule has 39 heavy (non-hydrogen) atoms. The Hall–Kier alpha value is -4.08. The first-order valence-corrected chi connectivity index (χ1v) is 13.0. The van der Waals surface area contributed by atoms with E-state index in [4.69, 9.17) is 14.2 Å². The summed E-state index contributed by atoms with van der Waals surface area (Å²) in [7, 11) is 3.18. The molecule has 0 aliphatic heterocycles. The molecule has 4 aromatic rings. The third-order valence-corrected chi connectivity index (χ3v) is 7.22. The number of hydrogen-bond donors (Lipinski definition) is 0. The van der Waals surface area contributed by atoms with Gasteiger partial charge in [0.25, 0.3) is 0 Å². The first-order valence-electron chi connectivity index (χ1n) is 11.3. The summed E-state index contributed by atoms with van der Waals surface area (Å²) in [5.74, 6) is 1.57. The normalized spacial score (nSPS) is 11.0. The maximum atomic E-state index is 12.5. The smallest absolute Gasteiger partial charge is 0.497 e. The predicted molar refractivity (Wildman–Crippen MR) is 143 cm³/mol. The van der Waals surface area contributed by atoms with Gasteiger partial charge < -0.3 is 18.9 Å². The highest BCUT2D eigenvalue weighted by Gasteiger charge is 2.31. The molecule has 0 saturated carbocycles. The van der Waals surface area contributed by atoms with Gasteiger partial charge in [0.1, 0.15) is 34.8 Å². The molecule has 0 bridgehead atoms. The second kappa shape index (κ2) is 12.2. The number of aromatic nitrogens is 1. The zero-order chi connectivity index (χ0) is 28.0. The van der Waals surface area contributed by atoms with Crippen LogP contribution in [0.1, 0.15) is 16.7 Å². The molecule has 0 aliphatic carbocycles. The monoisotopic (exact) mass is 573 g/mol. The molecule has 0 spiro atoms. The molecule has 0 N–H and O–H groups in total. The van der Waals surface area contributed by atoms with Crippen molar-refractivity contribution in [2.45, 2.75) is 24.7 Å². The average Bonchev–Trinajstić information content (AvgIpc) is 3.45. The number of rotatable bonds is 10. The molecule has 0 fully saturated rings. The van der Waals surface area contributed by atoms with Gasteiger partial charge in [-0.1, -0.05) is 0 Å². The number of aryl methyl sites for hydroxylation is 1. The lowest BCUT2D eigenvalue weighted by molar-refractivity contribution is -0.274. The van der Waals surface area contributed by atoms with Crippen molar-refractivity contribution < 1.29 is 32.1 Å². The van der Waals surface area contributed by atoms with Crippen molar-refractivity contribution in [1.29, 1.82) is 5.26 Å². The van der Waals surface area contributed by atoms with Gasteiger partial charge in [-0.3, -0.25) is 4.31 Å². The summed E-state index contributed by atoms with van der Waals surface area (Å²) in [6, 6.07) is 16.6. The second-order valence-corrected chi connectivity index (χ2v) is 9.94. The standard InChI is InChI=1S/C27H22F3N3O4S2/c1-17-12-21(37-27(28,29)30)6-8-23(17)36-24-9-7-22(13-19(24)15-31)39-33(26-32-10-11-38-26)16-18-4-5-20(34-2)14-25(18)35-3/h4-14H,16H2,1-3H3. The third kappa shape index (κ3) is 7.28. The minimum absolute atomic E-state index is 0.260. The first kappa shape index (κ1) is 27.9. The van der Waals surface area contributed by atoms with Crippen LogP contribution < -0.4 is 23.3 Å². The Morgan fingerprint density at radius 1 is 0.974 bits per heavy atom. The lowest BCUT2D eigenvalue weighted by Gasteiger charge is -2.22. The van der Waals surface area contributed by atoms with Crippen LogP contribution in [0.25, 0.3) is 0 Å². The first-order chi connectivity index (χ1) is 18.7. The Labute approximate surface area is 231 Å². The predicted octanol–water partition coefficient (Wildman–Crippen LogP) is 7.75. The highest BCUT2D eigenvalue weighted by Crippen LogP contribution is 2.38. The van der Waals surface area contributed by atoms with Gasteiger partial charge in [0, 0.05) is 28.1 Å². The molecule has 4 rings (SSSR count). The molecule has 12 heteroatoms. The topological polar surface area (TPSA) is 76.8 Å². The number of halogens is 3. The molecule has 0 amide bonds.